The highest BCUT2D eigenvalue weighted by atomic mass is 19.2. The van der Waals surface area contributed by atoms with Crippen LogP contribution in [0.15, 0.2) is 12.3 Å². The van der Waals surface area contributed by atoms with Crippen molar-refractivity contribution in [1.82, 2.24) is 0 Å². The van der Waals surface area contributed by atoms with Crippen LogP contribution in [0.4, 0.5) is 87.8 Å². The summed E-state index contributed by atoms with van der Waals surface area (Å²) in [7, 11) is 0. The monoisotopic (exact) mass is 749 g/mol. The van der Waals surface area contributed by atoms with Crippen LogP contribution in [0.25, 0.3) is 0 Å². The first-order valence-electron chi connectivity index (χ1n) is 12.9. The topological polar surface area (TPSA) is 16.6 Å². The molecule has 268 valence electrons. The van der Waals surface area contributed by atoms with Crippen LogP contribution in [0.1, 0.15) is 6.42 Å². The molecule has 4 aromatic rings. The molecule has 0 aromatic heterocycles. The first-order chi connectivity index (χ1) is 23.2. The fraction of sp³-hybridized carbons (Fsp3) is 0.0714. The molecule has 22 heteroatoms. The van der Waals surface area contributed by atoms with Gasteiger partial charge < -0.3 is 5.32 Å². The zero-order valence-corrected chi connectivity index (χ0v) is 23.3. The van der Waals surface area contributed by atoms with Gasteiger partial charge in [-0.3, -0.25) is 0 Å². The fourth-order valence-electron chi connectivity index (χ4n) is 5.36. The van der Waals surface area contributed by atoms with Crippen molar-refractivity contribution in [2.24, 2.45) is 0 Å². The summed E-state index contributed by atoms with van der Waals surface area (Å²) in [5.41, 5.74) is -14.3. The normalized spacial score (nSPS) is 12.9. The predicted octanol–water partition coefficient (Wildman–Crippen LogP) is 5.31. The first-order valence-corrected chi connectivity index (χ1v) is 12.9. The average Bonchev–Trinajstić information content (AvgIpc) is 3.69. The lowest BCUT2D eigenvalue weighted by molar-refractivity contribution is -0.578. The van der Waals surface area contributed by atoms with Crippen LogP contribution in [0.5, 0.6) is 0 Å². The highest BCUT2D eigenvalue weighted by Crippen LogP contribution is 2.30. The summed E-state index contributed by atoms with van der Waals surface area (Å²) in [5.74, 6) is -71.4. The van der Waals surface area contributed by atoms with Crippen molar-refractivity contribution in [3.8, 4) is 0 Å². The maximum Gasteiger partial charge on any atom is 0.200 e. The van der Waals surface area contributed by atoms with Gasteiger partial charge in [0.1, 0.15) is 52.7 Å². The second kappa shape index (κ2) is 13.5. The summed E-state index contributed by atoms with van der Waals surface area (Å²) in [6, 6.07) is 0. The molecule has 0 fully saturated rings. The lowest BCUT2D eigenvalue weighted by Gasteiger charge is -2.44. The van der Waals surface area contributed by atoms with Crippen LogP contribution in [0, 0.1) is 116 Å². The Morgan fingerprint density at radius 3 is 0.600 bits per heavy atom. The van der Waals surface area contributed by atoms with E-state index in [1.165, 1.54) is 13.0 Å². The van der Waals surface area contributed by atoms with E-state index in [1.807, 2.05) is 0 Å². The number of hydrogen-bond donors (Lipinski definition) is 1. The van der Waals surface area contributed by atoms with Crippen LogP contribution in [-0.2, 0) is 0 Å². The largest absolute Gasteiger partial charge is 0.320 e. The van der Waals surface area contributed by atoms with E-state index in [0.717, 1.165) is 0 Å². The first kappa shape index (κ1) is 38.1. The van der Waals surface area contributed by atoms with Crippen molar-refractivity contribution < 1.29 is 93.1 Å². The highest BCUT2D eigenvalue weighted by Gasteiger charge is 2.52. The second-order valence-corrected chi connectivity index (χ2v) is 10.0. The van der Waals surface area contributed by atoms with Crippen LogP contribution < -0.4 is 27.2 Å². The SMILES string of the molecule is C1=C[NH2+]CC1.Fc1c(F)c(F)c([B-](c2c(F)c(F)c(F)c(F)c2F)(c2c(F)c(F)c(F)c(F)c2F)c2c(F)c(F)c(F)c(F)c2F)c(F)c1F. The molecule has 0 radical (unpaired) electrons. The fourth-order valence-corrected chi connectivity index (χ4v) is 5.36. The molecule has 0 aliphatic carbocycles. The third-order valence-electron chi connectivity index (χ3n) is 7.48. The molecule has 0 spiro atoms. The molecule has 0 saturated heterocycles. The number of halogens is 20. The lowest BCUT2D eigenvalue weighted by Crippen LogP contribution is -2.81. The third-order valence-corrected chi connectivity index (χ3v) is 7.48. The Morgan fingerprint density at radius 2 is 0.480 bits per heavy atom. The molecule has 0 saturated carbocycles. The number of quaternary nitrogens is 1. The highest BCUT2D eigenvalue weighted by molar-refractivity contribution is 7.20. The minimum Gasteiger partial charge on any atom is -0.320 e. The zero-order valence-electron chi connectivity index (χ0n) is 23.3. The van der Waals surface area contributed by atoms with Crippen LogP contribution in [0.3, 0.4) is 0 Å². The number of nitrogens with two attached hydrogens (primary N) is 1. The second-order valence-electron chi connectivity index (χ2n) is 10.0. The standard InChI is InChI=1S/C24BF20.C4H7N/c26-5-1(6(27)14(35)21(42)13(5)34)25(2-7(28)15(36)22(43)16(37)8(2)29,3-9(30)17(38)23(44)18(39)10(3)31)4-11(32)19(40)24(45)20(41)12(4)33;1-2-4-5-3-1/h;1,3,5H,2,4H2/q-1;/p+1. The number of benzene rings is 4. The van der Waals surface area contributed by atoms with E-state index in [9.17, 15) is 52.7 Å². The van der Waals surface area contributed by atoms with Gasteiger partial charge in [0.25, 0.3) is 0 Å². The Bertz CT molecular complexity index is 1710. The van der Waals surface area contributed by atoms with Crippen molar-refractivity contribution in [3.63, 3.8) is 0 Å². The molecule has 1 heterocycles. The van der Waals surface area contributed by atoms with Crippen LogP contribution >= 0.6 is 0 Å². The predicted molar refractivity (Wildman–Crippen MR) is 130 cm³/mol. The van der Waals surface area contributed by atoms with Gasteiger partial charge in [-0.25, -0.2) is 87.8 Å². The molecule has 0 amide bonds. The zero-order chi connectivity index (χ0) is 37.9. The number of hydrogen-bond acceptors (Lipinski definition) is 0. The van der Waals surface area contributed by atoms with E-state index in [-0.39, 0.29) is 0 Å². The van der Waals surface area contributed by atoms with Crippen molar-refractivity contribution in [2.45, 2.75) is 6.42 Å². The van der Waals surface area contributed by atoms with E-state index < -0.39 is 144 Å². The summed E-state index contributed by atoms with van der Waals surface area (Å²) in [6.45, 7) is 1.26. The van der Waals surface area contributed by atoms with Crippen molar-refractivity contribution in [2.75, 3.05) is 6.54 Å². The summed E-state index contributed by atoms with van der Waals surface area (Å²) in [6.07, 6.45) is -1.66. The molecule has 1 nitrogen and oxygen atoms in total. The maximum absolute atomic E-state index is 15.4. The molecule has 5 rings (SSSR count). The summed E-state index contributed by atoms with van der Waals surface area (Å²) < 4.78 is 294. The van der Waals surface area contributed by atoms with Gasteiger partial charge in [0.2, 0.25) is 0 Å². The molecule has 50 heavy (non-hydrogen) atoms. The molecule has 4 aromatic carbocycles. The van der Waals surface area contributed by atoms with Gasteiger partial charge in [-0.1, -0.05) is 0 Å². The minimum atomic E-state index is -7.22. The smallest absolute Gasteiger partial charge is 0.200 e. The Kier molecular flexibility index (Phi) is 10.3. The molecule has 1 aliphatic heterocycles. The molecular formula is C28H8BF20N. The lowest BCUT2D eigenvalue weighted by atomic mass is 9.12. The van der Waals surface area contributed by atoms with Crippen LogP contribution in [-0.4, -0.2) is 12.7 Å². The van der Waals surface area contributed by atoms with E-state index >= 15 is 35.1 Å². The van der Waals surface area contributed by atoms with E-state index in [2.05, 4.69) is 17.6 Å². The number of rotatable bonds is 4. The van der Waals surface area contributed by atoms with Crippen molar-refractivity contribution in [1.29, 1.82) is 0 Å². The van der Waals surface area contributed by atoms with Gasteiger partial charge in [-0.15, -0.1) is 21.9 Å². The Balaban J connectivity index is 0.00000103. The Labute approximate surface area is 263 Å². The maximum atomic E-state index is 15.4. The molecule has 1 aliphatic rings. The van der Waals surface area contributed by atoms with E-state index in [4.69, 9.17) is 0 Å². The summed E-state index contributed by atoms with van der Waals surface area (Å²) in [5, 5.41) is 2.18. The van der Waals surface area contributed by atoms with Gasteiger partial charge in [0.05, 0.1) is 12.7 Å². The Morgan fingerprint density at radius 1 is 0.300 bits per heavy atom. The quantitative estimate of drug-likeness (QED) is 0.126. The molecular weight excluding hydrogens is 741 g/mol. The average molecular weight is 749 g/mol. The van der Waals surface area contributed by atoms with Crippen molar-refractivity contribution in [3.05, 3.63) is 129 Å². The molecule has 0 bridgehead atoms. The third kappa shape index (κ3) is 5.34. The van der Waals surface area contributed by atoms with Gasteiger partial charge in [0, 0.05) is 6.42 Å². The summed E-state index contributed by atoms with van der Waals surface area (Å²) >= 11 is 0. The molecule has 0 atom stereocenters. The van der Waals surface area contributed by atoms with Gasteiger partial charge >= 0.3 is 0 Å². The van der Waals surface area contributed by atoms with Gasteiger partial charge in [-0.2, -0.15) is 0 Å². The van der Waals surface area contributed by atoms with Crippen molar-refractivity contribution >= 4 is 28.0 Å². The molecule has 2 N–H and O–H groups in total. The van der Waals surface area contributed by atoms with Gasteiger partial charge in [0.15, 0.2) is 69.8 Å². The van der Waals surface area contributed by atoms with E-state index in [0.29, 0.717) is 0 Å². The molecule has 0 unspecified atom stereocenters. The van der Waals surface area contributed by atoms with E-state index in [1.54, 1.807) is 0 Å². The minimum absolute atomic E-state index is 1.26. The summed E-state index contributed by atoms with van der Waals surface area (Å²) in [4.78, 5) is 0. The van der Waals surface area contributed by atoms with Crippen LogP contribution in [0.2, 0.25) is 0 Å². The van der Waals surface area contributed by atoms with Gasteiger partial charge in [-0.05, 0) is 6.08 Å². The Hall–Kier alpha value is -4.76.